The van der Waals surface area contributed by atoms with Crippen molar-refractivity contribution in [1.29, 1.82) is 0 Å². The van der Waals surface area contributed by atoms with Crippen LogP contribution < -0.4 is 4.90 Å². The second-order valence-electron chi connectivity index (χ2n) is 6.75. The van der Waals surface area contributed by atoms with Gasteiger partial charge in [-0.2, -0.15) is 4.31 Å². The Balaban J connectivity index is 1.40. The number of aromatic nitrogens is 1. The van der Waals surface area contributed by atoms with Crippen molar-refractivity contribution in [2.45, 2.75) is 11.3 Å². The molecule has 0 saturated carbocycles. The van der Waals surface area contributed by atoms with Gasteiger partial charge in [0.05, 0.1) is 10.6 Å². The first kappa shape index (κ1) is 20.8. The van der Waals surface area contributed by atoms with E-state index in [2.05, 4.69) is 26.2 Å². The van der Waals surface area contributed by atoms with Crippen LogP contribution in [0.5, 0.6) is 0 Å². The van der Waals surface area contributed by atoms with Crippen molar-refractivity contribution in [2.75, 3.05) is 31.1 Å². The number of hydrogen-bond donors (Lipinski definition) is 0. The predicted octanol–water partition coefficient (Wildman–Crippen LogP) is 4.66. The molecule has 0 aliphatic carbocycles. The van der Waals surface area contributed by atoms with Crippen LogP contribution in [0.15, 0.2) is 63.3 Å². The van der Waals surface area contributed by atoms with E-state index in [0.29, 0.717) is 35.5 Å². The summed E-state index contributed by atoms with van der Waals surface area (Å²) < 4.78 is 28.0. The number of rotatable bonds is 5. The van der Waals surface area contributed by atoms with Gasteiger partial charge in [0.25, 0.3) is 0 Å². The Morgan fingerprint density at radius 3 is 2.41 bits per heavy atom. The van der Waals surface area contributed by atoms with Gasteiger partial charge in [0.2, 0.25) is 10.0 Å². The highest BCUT2D eigenvalue weighted by Gasteiger charge is 2.30. The smallest absolute Gasteiger partial charge is 0.244 e. The minimum atomic E-state index is -3.51. The van der Waals surface area contributed by atoms with E-state index in [9.17, 15) is 8.42 Å². The van der Waals surface area contributed by atoms with Gasteiger partial charge in [-0.15, -0.1) is 11.3 Å². The fraction of sp³-hybridized carbons (Fsp3) is 0.250. The van der Waals surface area contributed by atoms with Gasteiger partial charge in [-0.1, -0.05) is 35.9 Å². The minimum absolute atomic E-state index is 0.313. The molecule has 0 radical (unpaired) electrons. The number of anilines is 1. The zero-order valence-electron chi connectivity index (χ0n) is 15.5. The third kappa shape index (κ3) is 4.67. The monoisotopic (exact) mass is 511 g/mol. The number of benzene rings is 2. The molecule has 1 aliphatic rings. The molecule has 0 unspecified atom stereocenters. The summed E-state index contributed by atoms with van der Waals surface area (Å²) >= 11 is 10.9. The molecule has 9 heteroatoms. The molecule has 1 aromatic heterocycles. The average molecular weight is 513 g/mol. The summed E-state index contributed by atoms with van der Waals surface area (Å²) in [7, 11) is -3.51. The molecule has 1 saturated heterocycles. The summed E-state index contributed by atoms with van der Waals surface area (Å²) in [6, 6.07) is 14.7. The maximum atomic E-state index is 12.9. The van der Waals surface area contributed by atoms with Gasteiger partial charge in [-0.3, -0.25) is 0 Å². The molecule has 2 aromatic carbocycles. The minimum Gasteiger partial charge on any atom is -0.345 e. The van der Waals surface area contributed by atoms with Gasteiger partial charge in [-0.05, 0) is 45.8 Å². The number of hydrogen-bond acceptors (Lipinski definition) is 5. The molecule has 152 valence electrons. The van der Waals surface area contributed by atoms with Crippen molar-refractivity contribution in [3.8, 4) is 0 Å². The molecule has 29 heavy (non-hydrogen) atoms. The van der Waals surface area contributed by atoms with E-state index in [-0.39, 0.29) is 0 Å². The molecule has 3 aromatic rings. The highest BCUT2D eigenvalue weighted by molar-refractivity contribution is 9.10. The van der Waals surface area contributed by atoms with Gasteiger partial charge in [0, 0.05) is 47.5 Å². The number of nitrogens with zero attached hydrogens (tertiary/aromatic N) is 3. The summed E-state index contributed by atoms with van der Waals surface area (Å²) in [5, 5.41) is 3.73. The molecule has 0 amide bonds. The van der Waals surface area contributed by atoms with Crippen LogP contribution in [0.2, 0.25) is 5.02 Å². The molecule has 0 atom stereocenters. The Morgan fingerprint density at radius 2 is 1.72 bits per heavy atom. The van der Waals surface area contributed by atoms with Crippen LogP contribution >= 0.6 is 38.9 Å². The molecule has 0 bridgehead atoms. The number of piperazine rings is 1. The first-order valence-electron chi connectivity index (χ1n) is 9.12. The van der Waals surface area contributed by atoms with Crippen molar-refractivity contribution in [3.05, 3.63) is 74.7 Å². The highest BCUT2D eigenvalue weighted by Crippen LogP contribution is 2.28. The fourth-order valence-corrected chi connectivity index (χ4v) is 6.64. The van der Waals surface area contributed by atoms with E-state index in [1.54, 1.807) is 33.8 Å². The molecule has 0 spiro atoms. The molecule has 0 N–H and O–H groups in total. The summed E-state index contributed by atoms with van der Waals surface area (Å²) in [6.45, 7) is 2.13. The molecular weight excluding hydrogens is 494 g/mol. The van der Waals surface area contributed by atoms with Crippen molar-refractivity contribution in [3.63, 3.8) is 0 Å². The Bertz CT molecular complexity index is 1090. The third-order valence-corrected chi connectivity index (χ3v) is 8.91. The second kappa shape index (κ2) is 8.73. The normalized spacial score (nSPS) is 15.6. The lowest BCUT2D eigenvalue weighted by atomic mass is 10.1. The van der Waals surface area contributed by atoms with Crippen LogP contribution in [-0.2, 0) is 16.4 Å². The number of halogens is 2. The summed E-state index contributed by atoms with van der Waals surface area (Å²) in [6.07, 6.45) is 0.754. The van der Waals surface area contributed by atoms with Crippen molar-refractivity contribution in [1.82, 2.24) is 9.29 Å². The predicted molar refractivity (Wildman–Crippen MR) is 121 cm³/mol. The zero-order chi connectivity index (χ0) is 20.4. The first-order valence-corrected chi connectivity index (χ1v) is 12.6. The Labute approximate surface area is 188 Å². The Kier molecular flexibility index (Phi) is 6.27. The lowest BCUT2D eigenvalue weighted by molar-refractivity contribution is 0.384. The fourth-order valence-electron chi connectivity index (χ4n) is 3.25. The molecule has 1 fully saturated rings. The van der Waals surface area contributed by atoms with Crippen LogP contribution in [0.25, 0.3) is 0 Å². The van der Waals surface area contributed by atoms with E-state index < -0.39 is 10.0 Å². The van der Waals surface area contributed by atoms with Crippen LogP contribution in [0, 0.1) is 0 Å². The third-order valence-electron chi connectivity index (χ3n) is 4.80. The van der Waals surface area contributed by atoms with E-state index in [1.807, 2.05) is 30.3 Å². The van der Waals surface area contributed by atoms with Gasteiger partial charge in [-0.25, -0.2) is 13.4 Å². The molecule has 1 aliphatic heterocycles. The van der Waals surface area contributed by atoms with E-state index in [0.717, 1.165) is 27.8 Å². The Hall–Kier alpha value is -1.45. The number of sulfonamides is 1. The molecule has 5 nitrogen and oxygen atoms in total. The largest absolute Gasteiger partial charge is 0.345 e. The van der Waals surface area contributed by atoms with Crippen LogP contribution in [0.3, 0.4) is 0 Å². The average Bonchev–Trinajstić information content (AvgIpc) is 3.18. The summed E-state index contributed by atoms with van der Waals surface area (Å²) in [4.78, 5) is 7.21. The van der Waals surface area contributed by atoms with Gasteiger partial charge < -0.3 is 4.90 Å². The maximum absolute atomic E-state index is 12.9. The van der Waals surface area contributed by atoms with Gasteiger partial charge in [0.1, 0.15) is 0 Å². The van der Waals surface area contributed by atoms with Crippen molar-refractivity contribution < 1.29 is 8.42 Å². The highest BCUT2D eigenvalue weighted by atomic mass is 79.9. The van der Waals surface area contributed by atoms with Crippen molar-refractivity contribution in [2.24, 2.45) is 0 Å². The summed E-state index contributed by atoms with van der Waals surface area (Å²) in [5.74, 6) is 0. The van der Waals surface area contributed by atoms with Crippen molar-refractivity contribution >= 4 is 54.0 Å². The van der Waals surface area contributed by atoms with Gasteiger partial charge in [0.15, 0.2) is 5.13 Å². The first-order chi connectivity index (χ1) is 13.9. The molecule has 4 rings (SSSR count). The second-order valence-corrected chi connectivity index (χ2v) is 10.8. The van der Waals surface area contributed by atoms with E-state index in [1.165, 1.54) is 0 Å². The zero-order valence-corrected chi connectivity index (χ0v) is 19.4. The van der Waals surface area contributed by atoms with E-state index in [4.69, 9.17) is 16.6 Å². The van der Waals surface area contributed by atoms with Crippen LogP contribution in [0.1, 0.15) is 11.3 Å². The van der Waals surface area contributed by atoms with Crippen LogP contribution in [-0.4, -0.2) is 43.9 Å². The molecular formula is C20H19BrClN3O2S2. The molecule has 2 heterocycles. The number of thiazole rings is 1. The quantitative estimate of drug-likeness (QED) is 0.499. The SMILES string of the molecule is O=S(=O)(c1ccccc1Br)N1CCN(c2nc(Cc3ccc(Cl)cc3)cs2)CC1. The topological polar surface area (TPSA) is 53.5 Å². The summed E-state index contributed by atoms with van der Waals surface area (Å²) in [5.41, 5.74) is 2.17. The lowest BCUT2D eigenvalue weighted by Gasteiger charge is -2.34. The van der Waals surface area contributed by atoms with Gasteiger partial charge >= 0.3 is 0 Å². The van der Waals surface area contributed by atoms with Crippen LogP contribution in [0.4, 0.5) is 5.13 Å². The standard InChI is InChI=1S/C20H19BrClN3O2S2/c21-18-3-1-2-4-19(18)29(26,27)25-11-9-24(10-12-25)20-23-17(14-28-20)13-15-5-7-16(22)8-6-15/h1-8,14H,9-13H2. The Morgan fingerprint density at radius 1 is 1.03 bits per heavy atom. The maximum Gasteiger partial charge on any atom is 0.244 e. The lowest BCUT2D eigenvalue weighted by Crippen LogP contribution is -2.48. The van der Waals surface area contributed by atoms with E-state index >= 15 is 0 Å².